The number of pyridine rings is 1. The predicted molar refractivity (Wildman–Crippen MR) is 172 cm³/mol. The fourth-order valence-corrected chi connectivity index (χ4v) is 8.84. The average Bonchev–Trinajstić information content (AvgIpc) is 3.72. The molecule has 2 bridgehead atoms. The van der Waals surface area contributed by atoms with Gasteiger partial charge in [-0.1, -0.05) is 42.3 Å². The Hall–Kier alpha value is -4.33. The number of nitrogens with one attached hydrogen (secondary N) is 1. The van der Waals surface area contributed by atoms with Crippen LogP contribution in [0.2, 0.25) is 0 Å². The van der Waals surface area contributed by atoms with Gasteiger partial charge in [-0.2, -0.15) is 9.97 Å². The molecule has 10 heteroatoms. The van der Waals surface area contributed by atoms with Gasteiger partial charge in [0.05, 0.1) is 17.1 Å². The fourth-order valence-electron chi connectivity index (χ4n) is 8.84. The molecule has 0 spiro atoms. The molecule has 2 aromatic carbocycles. The maximum atomic E-state index is 17.1. The number of halogens is 2. The lowest BCUT2D eigenvalue weighted by Crippen LogP contribution is -2.62. The zero-order chi connectivity index (χ0) is 31.3. The number of nitrogens with zero attached hydrogens (tertiary/aromatic N) is 5. The molecule has 0 saturated carbocycles. The van der Waals surface area contributed by atoms with E-state index in [-0.39, 0.29) is 52.4 Å². The molecule has 5 atom stereocenters. The molecule has 1 N–H and O–H groups in total. The first-order chi connectivity index (χ1) is 22.4. The predicted octanol–water partition coefficient (Wildman–Crippen LogP) is 5.37. The first-order valence-corrected chi connectivity index (χ1v) is 16.2. The van der Waals surface area contributed by atoms with Gasteiger partial charge in [0.2, 0.25) is 5.88 Å². The highest BCUT2D eigenvalue weighted by molar-refractivity contribution is 6.03. The molecule has 4 aromatic rings. The third-order valence-corrected chi connectivity index (χ3v) is 11.0. The van der Waals surface area contributed by atoms with E-state index in [0.29, 0.717) is 46.7 Å². The van der Waals surface area contributed by atoms with Crippen molar-refractivity contribution in [2.24, 2.45) is 0 Å². The van der Waals surface area contributed by atoms with E-state index in [9.17, 15) is 4.39 Å². The van der Waals surface area contributed by atoms with Crippen LogP contribution in [0.25, 0.3) is 32.9 Å². The quantitative estimate of drug-likeness (QED) is 0.241. The summed E-state index contributed by atoms with van der Waals surface area (Å²) in [5.74, 6) is 2.06. The number of anilines is 1. The lowest BCUT2D eigenvalue weighted by atomic mass is 9.91. The molecule has 9 rings (SSSR count). The number of hydrogen-bond donors (Lipinski definition) is 1. The molecule has 46 heavy (non-hydrogen) atoms. The monoisotopic (exact) mass is 620 g/mol. The largest absolute Gasteiger partial charge is 0.472 e. The van der Waals surface area contributed by atoms with Gasteiger partial charge >= 0.3 is 6.01 Å². The lowest BCUT2D eigenvalue weighted by Gasteiger charge is -2.42. The standard InChI is InChI=1S/C36H34F2N6O2/c1-4-23-25(37)11-9-21-7-5-8-24(27(21)23)30-29(38)31-28-33(42-35(41-31)45-18-36-14-6-15-43(36)16-13-19(36)2)44-17-22-10-12-26(39-22)32(44)20(3)46-34(28)40-30/h1,5,7-9,11,20,22,26,32,39H,2,6,10,12-18H2,3H3/t20?,22?,26?,32?,36-/m1/s1. The van der Waals surface area contributed by atoms with E-state index in [0.717, 1.165) is 50.8 Å². The molecule has 5 aliphatic rings. The van der Waals surface area contributed by atoms with E-state index in [1.165, 1.54) is 6.07 Å². The summed E-state index contributed by atoms with van der Waals surface area (Å²) in [7, 11) is 0. The second kappa shape index (κ2) is 10.1. The van der Waals surface area contributed by atoms with E-state index >= 15 is 4.39 Å². The van der Waals surface area contributed by atoms with Crippen molar-refractivity contribution < 1.29 is 18.3 Å². The van der Waals surface area contributed by atoms with Gasteiger partial charge in [-0.25, -0.2) is 13.8 Å². The fraction of sp³-hybridized carbons (Fsp3) is 0.417. The Bertz CT molecular complexity index is 2010. The molecule has 0 radical (unpaired) electrons. The normalized spacial score (nSPS) is 28.2. The molecule has 0 amide bonds. The maximum absolute atomic E-state index is 17.1. The van der Waals surface area contributed by atoms with Crippen LogP contribution >= 0.6 is 0 Å². The van der Waals surface area contributed by atoms with Crippen LogP contribution in [-0.4, -0.2) is 75.9 Å². The highest BCUT2D eigenvalue weighted by Gasteiger charge is 2.49. The molecule has 0 aliphatic carbocycles. The van der Waals surface area contributed by atoms with E-state index < -0.39 is 11.6 Å². The third kappa shape index (κ3) is 3.88. The molecule has 234 valence electrons. The van der Waals surface area contributed by atoms with Gasteiger partial charge in [-0.05, 0) is 57.0 Å². The van der Waals surface area contributed by atoms with Crippen LogP contribution in [0.4, 0.5) is 14.6 Å². The minimum Gasteiger partial charge on any atom is -0.472 e. The van der Waals surface area contributed by atoms with Crippen molar-refractivity contribution in [1.82, 2.24) is 25.2 Å². The summed E-state index contributed by atoms with van der Waals surface area (Å²) in [6.07, 6.45) is 10.5. The topological polar surface area (TPSA) is 75.6 Å². The van der Waals surface area contributed by atoms with Crippen LogP contribution in [-0.2, 0) is 0 Å². The van der Waals surface area contributed by atoms with Crippen LogP contribution in [0, 0.1) is 24.0 Å². The Morgan fingerprint density at radius 1 is 1.15 bits per heavy atom. The van der Waals surface area contributed by atoms with Crippen molar-refractivity contribution in [3.05, 3.63) is 59.7 Å². The SMILES string of the molecule is C#Cc1c(F)ccc2cccc(-c3nc4c5c(nc(OC[C@@]67CCCN6CCC7=C)nc5c3F)N3CC5CCC(N5)C3C(C)O4)c12. The zero-order valence-electron chi connectivity index (χ0n) is 25.7. The van der Waals surface area contributed by atoms with E-state index in [4.69, 9.17) is 30.8 Å². The molecule has 2 aromatic heterocycles. The Morgan fingerprint density at radius 3 is 2.91 bits per heavy atom. The van der Waals surface area contributed by atoms with Crippen molar-refractivity contribution in [2.45, 2.75) is 68.8 Å². The van der Waals surface area contributed by atoms with Crippen LogP contribution in [0.3, 0.4) is 0 Å². The summed E-state index contributed by atoms with van der Waals surface area (Å²) in [5, 5.41) is 5.24. The third-order valence-electron chi connectivity index (χ3n) is 11.0. The number of piperazine rings is 1. The van der Waals surface area contributed by atoms with Gasteiger partial charge < -0.3 is 19.7 Å². The van der Waals surface area contributed by atoms with Crippen molar-refractivity contribution in [3.63, 3.8) is 0 Å². The molecule has 7 heterocycles. The summed E-state index contributed by atoms with van der Waals surface area (Å²) in [4.78, 5) is 19.2. The number of aromatic nitrogens is 3. The number of ether oxygens (including phenoxy) is 2. The van der Waals surface area contributed by atoms with Gasteiger partial charge in [0.25, 0.3) is 0 Å². The van der Waals surface area contributed by atoms with Gasteiger partial charge in [-0.3, -0.25) is 4.90 Å². The summed E-state index contributed by atoms with van der Waals surface area (Å²) < 4.78 is 45.1. The van der Waals surface area contributed by atoms with Gasteiger partial charge in [0.15, 0.2) is 5.82 Å². The Labute approximate surface area is 265 Å². The van der Waals surface area contributed by atoms with Crippen molar-refractivity contribution in [3.8, 4) is 35.5 Å². The lowest BCUT2D eigenvalue weighted by molar-refractivity contribution is 0.130. The molecular weight excluding hydrogens is 586 g/mol. The van der Waals surface area contributed by atoms with E-state index in [2.05, 4.69) is 27.6 Å². The van der Waals surface area contributed by atoms with Crippen LogP contribution in [0.1, 0.15) is 44.6 Å². The molecule has 4 fully saturated rings. The van der Waals surface area contributed by atoms with Crippen LogP contribution in [0.5, 0.6) is 11.9 Å². The number of hydrogen-bond acceptors (Lipinski definition) is 8. The number of benzene rings is 2. The molecule has 8 nitrogen and oxygen atoms in total. The van der Waals surface area contributed by atoms with Gasteiger partial charge in [-0.15, -0.1) is 6.42 Å². The van der Waals surface area contributed by atoms with Crippen molar-refractivity contribution >= 4 is 27.5 Å². The summed E-state index contributed by atoms with van der Waals surface area (Å²) >= 11 is 0. The Kier molecular flexibility index (Phi) is 6.12. The average molecular weight is 621 g/mol. The van der Waals surface area contributed by atoms with E-state index in [1.54, 1.807) is 18.2 Å². The van der Waals surface area contributed by atoms with E-state index in [1.807, 2.05) is 13.0 Å². The summed E-state index contributed by atoms with van der Waals surface area (Å²) in [6.45, 7) is 9.42. The van der Waals surface area contributed by atoms with Crippen molar-refractivity contribution in [2.75, 3.05) is 31.1 Å². The maximum Gasteiger partial charge on any atom is 0.319 e. The van der Waals surface area contributed by atoms with Gasteiger partial charge in [0, 0.05) is 36.1 Å². The second-order valence-electron chi connectivity index (χ2n) is 13.4. The smallest absolute Gasteiger partial charge is 0.319 e. The minimum atomic E-state index is -0.661. The minimum absolute atomic E-state index is 0.0118. The highest BCUT2D eigenvalue weighted by atomic mass is 19.1. The molecular formula is C36H34F2N6O2. The Balaban J connectivity index is 1.26. The van der Waals surface area contributed by atoms with Crippen LogP contribution in [0.15, 0.2) is 42.5 Å². The van der Waals surface area contributed by atoms with Crippen LogP contribution < -0.4 is 19.7 Å². The Morgan fingerprint density at radius 2 is 2.04 bits per heavy atom. The molecule has 4 unspecified atom stereocenters. The highest BCUT2D eigenvalue weighted by Crippen LogP contribution is 2.46. The van der Waals surface area contributed by atoms with Gasteiger partial charge in [0.1, 0.15) is 40.9 Å². The molecule has 4 saturated heterocycles. The van der Waals surface area contributed by atoms with Crippen molar-refractivity contribution in [1.29, 1.82) is 0 Å². The first kappa shape index (κ1) is 27.9. The summed E-state index contributed by atoms with van der Waals surface area (Å²) in [6, 6.07) is 8.81. The number of fused-ring (bicyclic) bond motifs is 7. The second-order valence-corrected chi connectivity index (χ2v) is 13.4. The summed E-state index contributed by atoms with van der Waals surface area (Å²) in [5.41, 5.74) is 1.37. The molecule has 5 aliphatic heterocycles. The zero-order valence-corrected chi connectivity index (χ0v) is 25.7. The number of terminal acetylenes is 1. The number of rotatable bonds is 4. The first-order valence-electron chi connectivity index (χ1n) is 16.2.